The Labute approximate surface area is 90.3 Å². The number of thioether (sulfide) groups is 1. The number of aliphatic hydroxyl groups is 1. The predicted molar refractivity (Wildman–Crippen MR) is 54.7 cm³/mol. The van der Waals surface area contributed by atoms with Crippen LogP contribution in [0.3, 0.4) is 0 Å². The summed E-state index contributed by atoms with van der Waals surface area (Å²) in [6.07, 6.45) is 0.224. The molecular formula is C10H11F3OS. The van der Waals surface area contributed by atoms with Gasteiger partial charge in [0, 0.05) is 5.25 Å². The van der Waals surface area contributed by atoms with Crippen molar-refractivity contribution >= 4 is 11.8 Å². The third-order valence-corrected chi connectivity index (χ3v) is 2.73. The van der Waals surface area contributed by atoms with Crippen molar-refractivity contribution in [1.29, 1.82) is 0 Å². The lowest BCUT2D eigenvalue weighted by molar-refractivity contribution is -0.0337. The van der Waals surface area contributed by atoms with Gasteiger partial charge in [-0.05, 0) is 23.7 Å². The molecule has 0 spiro atoms. The van der Waals surface area contributed by atoms with E-state index in [1.165, 1.54) is 0 Å². The van der Waals surface area contributed by atoms with Crippen LogP contribution in [0.5, 0.6) is 0 Å². The highest BCUT2D eigenvalue weighted by Crippen LogP contribution is 2.34. The van der Waals surface area contributed by atoms with Crippen molar-refractivity contribution in [2.75, 3.05) is 6.61 Å². The highest BCUT2D eigenvalue weighted by molar-refractivity contribution is 8.00. The number of aliphatic hydroxyl groups excluding tert-OH is 1. The Bertz CT molecular complexity index is 286. The summed E-state index contributed by atoms with van der Waals surface area (Å²) < 4.78 is 36.1. The molecule has 0 fully saturated rings. The molecule has 1 nitrogen and oxygen atoms in total. The second kappa shape index (κ2) is 5.42. The van der Waals surface area contributed by atoms with Gasteiger partial charge in [-0.25, -0.2) is 0 Å². The van der Waals surface area contributed by atoms with Crippen molar-refractivity contribution in [2.24, 2.45) is 0 Å². The fraction of sp³-hybridized carbons (Fsp3) is 0.400. The summed E-state index contributed by atoms with van der Waals surface area (Å²) in [5, 5.41) is 8.00. The number of alkyl halides is 3. The first kappa shape index (κ1) is 12.4. The van der Waals surface area contributed by atoms with E-state index in [2.05, 4.69) is 0 Å². The first-order valence-electron chi connectivity index (χ1n) is 4.40. The average Bonchev–Trinajstić information content (AvgIpc) is 2.16. The fourth-order valence-electron chi connectivity index (χ4n) is 1.21. The molecule has 5 heteroatoms. The first-order chi connectivity index (χ1) is 7.01. The van der Waals surface area contributed by atoms with E-state index < -0.39 is 17.4 Å². The highest BCUT2D eigenvalue weighted by atomic mass is 32.2. The number of rotatable bonds is 4. The molecule has 0 aliphatic heterocycles. The Morgan fingerprint density at radius 2 is 1.80 bits per heavy atom. The van der Waals surface area contributed by atoms with E-state index in [9.17, 15) is 13.2 Å². The number of benzene rings is 1. The van der Waals surface area contributed by atoms with E-state index in [1.807, 2.05) is 0 Å². The molecule has 0 amide bonds. The van der Waals surface area contributed by atoms with Gasteiger partial charge in [0.05, 0.1) is 6.61 Å². The van der Waals surface area contributed by atoms with Gasteiger partial charge < -0.3 is 5.11 Å². The van der Waals surface area contributed by atoms with E-state index in [0.717, 1.165) is 5.56 Å². The molecule has 0 saturated heterocycles. The Hall–Kier alpha value is -0.680. The molecule has 1 atom stereocenters. The van der Waals surface area contributed by atoms with Crippen molar-refractivity contribution in [3.63, 3.8) is 0 Å². The molecule has 0 aliphatic rings. The first-order valence-corrected chi connectivity index (χ1v) is 5.28. The smallest absolute Gasteiger partial charge is 0.395 e. The van der Waals surface area contributed by atoms with Gasteiger partial charge in [0.15, 0.2) is 0 Å². The Morgan fingerprint density at radius 1 is 1.20 bits per heavy atom. The average molecular weight is 236 g/mol. The van der Waals surface area contributed by atoms with Crippen LogP contribution in [0.25, 0.3) is 0 Å². The minimum Gasteiger partial charge on any atom is -0.395 e. The maximum Gasteiger partial charge on any atom is 0.442 e. The minimum absolute atomic E-state index is 0.153. The molecule has 1 rings (SSSR count). The molecule has 1 aromatic carbocycles. The third-order valence-electron chi connectivity index (χ3n) is 1.81. The van der Waals surface area contributed by atoms with Gasteiger partial charge in [-0.1, -0.05) is 30.3 Å². The maximum absolute atomic E-state index is 12.0. The van der Waals surface area contributed by atoms with Crippen LogP contribution in [0.2, 0.25) is 0 Å². The van der Waals surface area contributed by atoms with Crippen LogP contribution in [0.15, 0.2) is 30.3 Å². The van der Waals surface area contributed by atoms with Crippen LogP contribution in [-0.2, 0) is 6.42 Å². The highest BCUT2D eigenvalue weighted by Gasteiger charge is 2.32. The van der Waals surface area contributed by atoms with E-state index in [-0.39, 0.29) is 18.2 Å². The molecule has 0 saturated carbocycles. The standard InChI is InChI=1S/C10H11F3OS/c11-10(12,13)15-9(7-14)6-8-4-2-1-3-5-8/h1-5,9,14H,6-7H2/t9-/m0/s1. The van der Waals surface area contributed by atoms with Crippen LogP contribution in [0.4, 0.5) is 13.2 Å². The van der Waals surface area contributed by atoms with Crippen molar-refractivity contribution in [3.05, 3.63) is 35.9 Å². The van der Waals surface area contributed by atoms with E-state index >= 15 is 0 Å². The monoisotopic (exact) mass is 236 g/mol. The van der Waals surface area contributed by atoms with Gasteiger partial charge in [0.2, 0.25) is 0 Å². The van der Waals surface area contributed by atoms with E-state index in [1.54, 1.807) is 30.3 Å². The van der Waals surface area contributed by atoms with E-state index in [4.69, 9.17) is 5.11 Å². The summed E-state index contributed by atoms with van der Waals surface area (Å²) in [4.78, 5) is 0. The topological polar surface area (TPSA) is 20.2 Å². The summed E-state index contributed by atoms with van der Waals surface area (Å²) in [6.45, 7) is -0.473. The van der Waals surface area contributed by atoms with Gasteiger partial charge >= 0.3 is 5.51 Å². The maximum atomic E-state index is 12.0. The van der Waals surface area contributed by atoms with Crippen molar-refractivity contribution in [1.82, 2.24) is 0 Å². The summed E-state index contributed by atoms with van der Waals surface area (Å²) >= 11 is -0.153. The van der Waals surface area contributed by atoms with Gasteiger partial charge in [0.1, 0.15) is 0 Å². The quantitative estimate of drug-likeness (QED) is 0.867. The summed E-state index contributed by atoms with van der Waals surface area (Å²) in [5.74, 6) is 0. The van der Waals surface area contributed by atoms with Gasteiger partial charge in [-0.2, -0.15) is 13.2 Å². The summed E-state index contributed by atoms with van der Waals surface area (Å²) in [6, 6.07) is 8.83. The zero-order chi connectivity index (χ0) is 11.3. The summed E-state index contributed by atoms with van der Waals surface area (Å²) in [5.41, 5.74) is -3.49. The minimum atomic E-state index is -4.29. The molecule has 0 radical (unpaired) electrons. The molecule has 1 N–H and O–H groups in total. The lowest BCUT2D eigenvalue weighted by atomic mass is 10.1. The van der Waals surface area contributed by atoms with Crippen LogP contribution in [0, 0.1) is 0 Å². The van der Waals surface area contributed by atoms with Crippen molar-refractivity contribution in [2.45, 2.75) is 17.2 Å². The zero-order valence-electron chi connectivity index (χ0n) is 7.87. The second-order valence-corrected chi connectivity index (χ2v) is 4.42. The lowest BCUT2D eigenvalue weighted by Gasteiger charge is -2.15. The van der Waals surface area contributed by atoms with E-state index in [0.29, 0.717) is 0 Å². The van der Waals surface area contributed by atoms with Crippen LogP contribution >= 0.6 is 11.8 Å². The molecule has 0 bridgehead atoms. The van der Waals surface area contributed by atoms with Crippen LogP contribution < -0.4 is 0 Å². The molecule has 84 valence electrons. The molecule has 0 unspecified atom stereocenters. The lowest BCUT2D eigenvalue weighted by Crippen LogP contribution is -2.18. The van der Waals surface area contributed by atoms with Crippen molar-refractivity contribution in [3.8, 4) is 0 Å². The Kier molecular flexibility index (Phi) is 4.47. The summed E-state index contributed by atoms with van der Waals surface area (Å²) in [7, 11) is 0. The molecule has 15 heavy (non-hydrogen) atoms. The molecule has 0 aliphatic carbocycles. The van der Waals surface area contributed by atoms with Gasteiger partial charge in [-0.15, -0.1) is 0 Å². The molecule has 0 aromatic heterocycles. The fourth-order valence-corrected chi connectivity index (χ4v) is 1.94. The SMILES string of the molecule is OC[C@H](Cc1ccccc1)SC(F)(F)F. The predicted octanol–water partition coefficient (Wildman–Crippen LogP) is 2.84. The van der Waals surface area contributed by atoms with Crippen molar-refractivity contribution < 1.29 is 18.3 Å². The Balaban J connectivity index is 2.55. The number of hydrogen-bond donors (Lipinski definition) is 1. The third kappa shape index (κ3) is 5.09. The molecule has 0 heterocycles. The second-order valence-electron chi connectivity index (χ2n) is 3.06. The van der Waals surface area contributed by atoms with Gasteiger partial charge in [0.25, 0.3) is 0 Å². The van der Waals surface area contributed by atoms with Crippen LogP contribution in [0.1, 0.15) is 5.56 Å². The molecule has 1 aromatic rings. The zero-order valence-corrected chi connectivity index (χ0v) is 8.68. The largest absolute Gasteiger partial charge is 0.442 e. The number of halogens is 3. The Morgan fingerprint density at radius 3 is 2.27 bits per heavy atom. The molecular weight excluding hydrogens is 225 g/mol. The number of hydrogen-bond acceptors (Lipinski definition) is 2. The van der Waals surface area contributed by atoms with Crippen LogP contribution in [-0.4, -0.2) is 22.5 Å². The van der Waals surface area contributed by atoms with Gasteiger partial charge in [-0.3, -0.25) is 0 Å². The normalized spacial score (nSPS) is 13.9.